The molecule has 0 amide bonds. The first-order valence-electron chi connectivity index (χ1n) is 5.23. The molecule has 1 aromatic carbocycles. The monoisotopic (exact) mass is 303 g/mol. The van der Waals surface area contributed by atoms with Gasteiger partial charge in [-0.1, -0.05) is 0 Å². The number of fused-ring (bicyclic) bond motifs is 1. The lowest BCUT2D eigenvalue weighted by molar-refractivity contribution is 0.00344. The van der Waals surface area contributed by atoms with Crippen molar-refractivity contribution in [3.63, 3.8) is 0 Å². The van der Waals surface area contributed by atoms with Crippen LogP contribution < -0.4 is 15.0 Å². The molecule has 0 saturated carbocycles. The number of ether oxygens (including phenoxy) is 3. The molecule has 0 bridgehead atoms. The normalized spacial score (nSPS) is 13.1. The average molecular weight is 304 g/mol. The summed E-state index contributed by atoms with van der Waals surface area (Å²) in [6.07, 6.45) is 0. The summed E-state index contributed by atoms with van der Waals surface area (Å²) < 4.78 is 16.4. The molecular formula is C11H14BrNO4. The SMILES string of the molecule is COCCONCc1cc(Br)c2c(c1)OCO2. The number of benzene rings is 1. The Kier molecular flexibility index (Phi) is 4.61. The molecule has 0 spiro atoms. The number of halogens is 1. The van der Waals surface area contributed by atoms with Crippen LogP contribution in [-0.2, 0) is 16.1 Å². The van der Waals surface area contributed by atoms with Gasteiger partial charge in [0.25, 0.3) is 0 Å². The van der Waals surface area contributed by atoms with Crippen molar-refractivity contribution in [2.45, 2.75) is 6.54 Å². The van der Waals surface area contributed by atoms with Gasteiger partial charge in [-0.25, -0.2) is 0 Å². The van der Waals surface area contributed by atoms with E-state index in [1.54, 1.807) is 7.11 Å². The zero-order chi connectivity index (χ0) is 12.1. The summed E-state index contributed by atoms with van der Waals surface area (Å²) in [6.45, 7) is 1.95. The number of methoxy groups -OCH3 is 1. The molecule has 1 aliphatic rings. The Morgan fingerprint density at radius 1 is 1.35 bits per heavy atom. The Labute approximate surface area is 108 Å². The van der Waals surface area contributed by atoms with Crippen LogP contribution in [0, 0.1) is 0 Å². The molecule has 17 heavy (non-hydrogen) atoms. The smallest absolute Gasteiger partial charge is 0.231 e. The summed E-state index contributed by atoms with van der Waals surface area (Å²) in [6, 6.07) is 3.90. The van der Waals surface area contributed by atoms with Gasteiger partial charge in [0.05, 0.1) is 17.7 Å². The Balaban J connectivity index is 1.87. The first-order valence-corrected chi connectivity index (χ1v) is 6.02. The van der Waals surface area contributed by atoms with E-state index in [9.17, 15) is 0 Å². The minimum absolute atomic E-state index is 0.273. The average Bonchev–Trinajstić information content (AvgIpc) is 2.77. The molecule has 0 saturated heterocycles. The van der Waals surface area contributed by atoms with Gasteiger partial charge in [-0.3, -0.25) is 4.84 Å². The minimum Gasteiger partial charge on any atom is -0.454 e. The largest absolute Gasteiger partial charge is 0.454 e. The van der Waals surface area contributed by atoms with Crippen LogP contribution >= 0.6 is 15.9 Å². The lowest BCUT2D eigenvalue weighted by atomic mass is 10.2. The van der Waals surface area contributed by atoms with Crippen LogP contribution in [0.15, 0.2) is 16.6 Å². The van der Waals surface area contributed by atoms with E-state index in [1.807, 2.05) is 12.1 Å². The molecule has 1 N–H and O–H groups in total. The van der Waals surface area contributed by atoms with Crippen LogP contribution in [0.1, 0.15) is 5.56 Å². The fraction of sp³-hybridized carbons (Fsp3) is 0.455. The Morgan fingerprint density at radius 2 is 2.24 bits per heavy atom. The molecule has 0 fully saturated rings. The molecule has 0 radical (unpaired) electrons. The van der Waals surface area contributed by atoms with Crippen LogP contribution in [0.3, 0.4) is 0 Å². The fourth-order valence-corrected chi connectivity index (χ4v) is 2.06. The second-order valence-corrected chi connectivity index (χ2v) is 4.33. The predicted octanol–water partition coefficient (Wildman–Crippen LogP) is 1.85. The van der Waals surface area contributed by atoms with E-state index >= 15 is 0 Å². The van der Waals surface area contributed by atoms with Crippen molar-refractivity contribution < 1.29 is 19.0 Å². The highest BCUT2D eigenvalue weighted by Crippen LogP contribution is 2.39. The molecule has 6 heteroatoms. The van der Waals surface area contributed by atoms with Gasteiger partial charge in [-0.05, 0) is 33.6 Å². The van der Waals surface area contributed by atoms with Gasteiger partial charge in [0.2, 0.25) is 6.79 Å². The summed E-state index contributed by atoms with van der Waals surface area (Å²) in [5, 5.41) is 0. The van der Waals surface area contributed by atoms with Crippen molar-refractivity contribution in [2.75, 3.05) is 27.1 Å². The van der Waals surface area contributed by atoms with Gasteiger partial charge in [0.1, 0.15) is 0 Å². The topological polar surface area (TPSA) is 49.0 Å². The number of rotatable bonds is 6. The zero-order valence-electron chi connectivity index (χ0n) is 9.49. The summed E-state index contributed by atoms with van der Waals surface area (Å²) >= 11 is 3.44. The van der Waals surface area contributed by atoms with Crippen molar-refractivity contribution in [2.24, 2.45) is 0 Å². The highest BCUT2D eigenvalue weighted by molar-refractivity contribution is 9.10. The van der Waals surface area contributed by atoms with Gasteiger partial charge in [0, 0.05) is 13.7 Å². The van der Waals surface area contributed by atoms with Crippen LogP contribution in [-0.4, -0.2) is 27.1 Å². The first kappa shape index (κ1) is 12.6. The third-order valence-electron chi connectivity index (χ3n) is 2.25. The molecule has 5 nitrogen and oxygen atoms in total. The van der Waals surface area contributed by atoms with Crippen molar-refractivity contribution in [3.8, 4) is 11.5 Å². The second-order valence-electron chi connectivity index (χ2n) is 3.47. The number of hydrogen-bond donors (Lipinski definition) is 1. The molecule has 94 valence electrons. The summed E-state index contributed by atoms with van der Waals surface area (Å²) in [4.78, 5) is 5.17. The highest BCUT2D eigenvalue weighted by Gasteiger charge is 2.17. The maximum Gasteiger partial charge on any atom is 0.231 e. The van der Waals surface area contributed by atoms with Crippen LogP contribution in [0.4, 0.5) is 0 Å². The van der Waals surface area contributed by atoms with Crippen molar-refractivity contribution >= 4 is 15.9 Å². The minimum atomic E-state index is 0.273. The van der Waals surface area contributed by atoms with Crippen molar-refractivity contribution in [1.29, 1.82) is 0 Å². The Hall–Kier alpha value is -0.820. The van der Waals surface area contributed by atoms with Crippen molar-refractivity contribution in [3.05, 3.63) is 22.2 Å². The summed E-state index contributed by atoms with van der Waals surface area (Å²) in [5.41, 5.74) is 3.91. The molecule has 0 aliphatic carbocycles. The zero-order valence-corrected chi connectivity index (χ0v) is 11.1. The van der Waals surface area contributed by atoms with Gasteiger partial charge in [-0.15, -0.1) is 0 Å². The molecule has 2 rings (SSSR count). The molecule has 0 aromatic heterocycles. The maximum absolute atomic E-state index is 5.32. The van der Waals surface area contributed by atoms with Gasteiger partial charge in [0.15, 0.2) is 11.5 Å². The quantitative estimate of drug-likeness (QED) is 0.642. The van der Waals surface area contributed by atoms with Gasteiger partial charge < -0.3 is 14.2 Å². The molecule has 1 aromatic rings. The van der Waals surface area contributed by atoms with E-state index in [2.05, 4.69) is 21.4 Å². The van der Waals surface area contributed by atoms with Crippen LogP contribution in [0.2, 0.25) is 0 Å². The van der Waals surface area contributed by atoms with E-state index in [0.29, 0.717) is 19.8 Å². The van der Waals surface area contributed by atoms with Crippen LogP contribution in [0.5, 0.6) is 11.5 Å². The van der Waals surface area contributed by atoms with Crippen molar-refractivity contribution in [1.82, 2.24) is 5.48 Å². The predicted molar refractivity (Wildman–Crippen MR) is 64.9 cm³/mol. The molecule has 1 aliphatic heterocycles. The van der Waals surface area contributed by atoms with E-state index in [-0.39, 0.29) is 6.79 Å². The van der Waals surface area contributed by atoms with Crippen LogP contribution in [0.25, 0.3) is 0 Å². The van der Waals surface area contributed by atoms with E-state index in [1.165, 1.54) is 0 Å². The van der Waals surface area contributed by atoms with E-state index < -0.39 is 0 Å². The molecule has 1 heterocycles. The summed E-state index contributed by atoms with van der Waals surface area (Å²) in [5.74, 6) is 1.52. The first-order chi connectivity index (χ1) is 8.31. The third kappa shape index (κ3) is 3.32. The standard InChI is InChI=1S/C11H14BrNO4/c1-14-2-3-17-13-6-8-4-9(12)11-10(5-8)15-7-16-11/h4-5,13H,2-3,6-7H2,1H3. The molecule has 0 unspecified atom stereocenters. The maximum atomic E-state index is 5.32. The van der Waals surface area contributed by atoms with Gasteiger partial charge >= 0.3 is 0 Å². The third-order valence-corrected chi connectivity index (χ3v) is 2.84. The lowest BCUT2D eigenvalue weighted by Crippen LogP contribution is -2.17. The Bertz CT molecular complexity index is 386. The molecule has 0 atom stereocenters. The fourth-order valence-electron chi connectivity index (χ4n) is 1.45. The number of hydroxylamine groups is 1. The second kappa shape index (κ2) is 6.20. The molecular weight excluding hydrogens is 290 g/mol. The number of nitrogens with one attached hydrogen (secondary N) is 1. The van der Waals surface area contributed by atoms with E-state index in [4.69, 9.17) is 19.0 Å². The lowest BCUT2D eigenvalue weighted by Gasteiger charge is -2.07. The van der Waals surface area contributed by atoms with Gasteiger partial charge in [-0.2, -0.15) is 5.48 Å². The van der Waals surface area contributed by atoms with E-state index in [0.717, 1.165) is 21.5 Å². The Morgan fingerprint density at radius 3 is 3.06 bits per heavy atom. The highest BCUT2D eigenvalue weighted by atomic mass is 79.9. The number of hydrogen-bond acceptors (Lipinski definition) is 5. The summed E-state index contributed by atoms with van der Waals surface area (Å²) in [7, 11) is 1.64.